The van der Waals surface area contributed by atoms with Gasteiger partial charge in [0, 0.05) is 57.1 Å². The third-order valence-corrected chi connectivity index (χ3v) is 20.5. The number of amides is 7. The highest BCUT2D eigenvalue weighted by atomic mass is 16.2. The molecule has 4 saturated heterocycles. The topological polar surface area (TPSA) is 297 Å². The maximum absolute atomic E-state index is 14.8. The highest BCUT2D eigenvalue weighted by Crippen LogP contribution is 2.38. The summed E-state index contributed by atoms with van der Waals surface area (Å²) < 4.78 is 0. The number of anilines is 2. The van der Waals surface area contributed by atoms with Crippen LogP contribution in [0.4, 0.5) is 11.4 Å². The van der Waals surface area contributed by atoms with Crippen molar-refractivity contribution in [2.75, 3.05) is 50.9 Å². The van der Waals surface area contributed by atoms with Gasteiger partial charge in [0.1, 0.15) is 47.6 Å². The number of unbranched alkanes of at least 4 members (excludes halogenated alkanes) is 3. The third kappa shape index (κ3) is 19.0. The Morgan fingerprint density at radius 1 is 0.480 bits per heavy atom. The molecule has 0 spiro atoms. The van der Waals surface area contributed by atoms with E-state index < -0.39 is 76.9 Å². The normalized spacial score (nSPS) is 21.9. The largest absolute Gasteiger partial charge is 0.380 e. The first-order chi connectivity index (χ1) is 47.6. The van der Waals surface area contributed by atoms with Gasteiger partial charge < -0.3 is 63.0 Å². The van der Waals surface area contributed by atoms with Gasteiger partial charge in [0.05, 0.1) is 12.1 Å². The number of aryl methyl sites for hydroxylation is 1. The molecule has 4 heterocycles. The lowest BCUT2D eigenvalue weighted by Gasteiger charge is -2.33. The van der Waals surface area contributed by atoms with Crippen LogP contribution >= 0.6 is 0 Å². The fourth-order valence-electron chi connectivity index (χ4n) is 14.9. The van der Waals surface area contributed by atoms with Crippen molar-refractivity contribution in [3.63, 3.8) is 0 Å². The minimum atomic E-state index is -1.06. The summed E-state index contributed by atoms with van der Waals surface area (Å²) in [6.07, 6.45) is 11.2. The Bertz CT molecular complexity index is 3280. The molecule has 526 valence electrons. The van der Waals surface area contributed by atoms with Crippen LogP contribution in [0.25, 0.3) is 0 Å². The summed E-state index contributed by atoms with van der Waals surface area (Å²) >= 11 is 0. The van der Waals surface area contributed by atoms with Gasteiger partial charge in [-0.1, -0.05) is 142 Å². The second-order valence-electron chi connectivity index (χ2n) is 26.9. The lowest BCUT2D eigenvalue weighted by Crippen LogP contribution is -2.59. The molecule has 0 unspecified atom stereocenters. The van der Waals surface area contributed by atoms with Gasteiger partial charge >= 0.3 is 0 Å². The molecule has 0 aliphatic carbocycles. The maximum atomic E-state index is 14.8. The molecule has 10 N–H and O–H groups in total. The molecule has 0 radical (unpaired) electrons. The maximum Gasteiger partial charge on any atom is 0.253 e. The van der Waals surface area contributed by atoms with Crippen LogP contribution in [0.5, 0.6) is 0 Å². The SMILES string of the molecule is CC[C@H](NC)C(=O)N[C@@H]1C(=O)N2[C@@H](CC[C@@H]1CNCc1ccccc1)CC[C@H]2C(=O)N[C@H](C(=O)CCCCCNc1c(NCCCCNC(=O)[C@@H](NC(=O)[C@@H]2CC[C@@H]3CC[C@H](CCCc4ccccc4)[C@H](NC(=O)[C@H](CC)NC)C(=O)N32)c2ccccc2)c(=O)c1=O)c1ccccc1. The molecule has 4 fully saturated rings. The van der Waals surface area contributed by atoms with E-state index >= 15 is 0 Å². The van der Waals surface area contributed by atoms with Gasteiger partial charge in [0.2, 0.25) is 41.4 Å². The van der Waals surface area contributed by atoms with Gasteiger partial charge in [0.25, 0.3) is 10.9 Å². The molecule has 5 aromatic carbocycles. The number of hydrogen-bond donors (Lipinski definition) is 10. The number of hydrogen-bond acceptors (Lipinski definition) is 15. The zero-order chi connectivity index (χ0) is 69.5. The van der Waals surface area contributed by atoms with Crippen LogP contribution in [-0.4, -0.2) is 146 Å². The van der Waals surface area contributed by atoms with Crippen molar-refractivity contribution >= 4 is 58.5 Å². The first-order valence-electron chi connectivity index (χ1n) is 35.8. The molecule has 0 bridgehead atoms. The van der Waals surface area contributed by atoms with E-state index in [1.165, 1.54) is 5.56 Å². The summed E-state index contributed by atoms with van der Waals surface area (Å²) in [4.78, 5) is 143. The molecule has 5 aromatic rings. The summed E-state index contributed by atoms with van der Waals surface area (Å²) in [5.74, 6) is -2.90. The van der Waals surface area contributed by atoms with Crippen molar-refractivity contribution < 1.29 is 38.4 Å². The van der Waals surface area contributed by atoms with Gasteiger partial charge in [0.15, 0.2) is 5.78 Å². The number of ketones is 1. The summed E-state index contributed by atoms with van der Waals surface area (Å²) in [6, 6.07) is 31.4. The quantitative estimate of drug-likeness (QED) is 0.0157. The Balaban J connectivity index is 0.727. The minimum absolute atomic E-state index is 0.122. The second-order valence-corrected chi connectivity index (χ2v) is 26.9. The van der Waals surface area contributed by atoms with E-state index in [2.05, 4.69) is 65.3 Å². The van der Waals surface area contributed by atoms with Gasteiger partial charge in [-0.05, 0) is 151 Å². The zero-order valence-electron chi connectivity index (χ0n) is 57.4. The fourth-order valence-corrected chi connectivity index (χ4v) is 14.9. The van der Waals surface area contributed by atoms with Crippen LogP contribution in [0.15, 0.2) is 131 Å². The van der Waals surface area contributed by atoms with E-state index in [-0.39, 0.29) is 77.7 Å². The molecule has 0 aromatic heterocycles. The van der Waals surface area contributed by atoms with Crippen LogP contribution in [0.3, 0.4) is 0 Å². The summed E-state index contributed by atoms with van der Waals surface area (Å²) in [5, 5.41) is 31.0. The number of carbonyl (C=O) groups is 8. The van der Waals surface area contributed by atoms with Crippen molar-refractivity contribution in [2.45, 2.75) is 203 Å². The average Bonchev–Trinajstić information content (AvgIpc) is 1.74. The predicted molar refractivity (Wildman–Crippen MR) is 379 cm³/mol. The molecule has 12 atom stereocenters. The highest BCUT2D eigenvalue weighted by Gasteiger charge is 2.50. The smallest absolute Gasteiger partial charge is 0.253 e. The third-order valence-electron chi connectivity index (χ3n) is 20.5. The Morgan fingerprint density at radius 2 is 0.929 bits per heavy atom. The highest BCUT2D eigenvalue weighted by molar-refractivity contribution is 5.98. The summed E-state index contributed by atoms with van der Waals surface area (Å²) in [7, 11) is 3.44. The van der Waals surface area contributed by atoms with E-state index in [1.807, 2.05) is 86.6 Å². The van der Waals surface area contributed by atoms with Gasteiger partial charge in [-0.25, -0.2) is 0 Å². The molecule has 4 aliphatic heterocycles. The van der Waals surface area contributed by atoms with Crippen LogP contribution in [0.1, 0.15) is 164 Å². The van der Waals surface area contributed by atoms with Crippen LogP contribution < -0.4 is 64.0 Å². The Morgan fingerprint density at radius 3 is 1.45 bits per heavy atom. The molecule has 9 rings (SSSR count). The Hall–Kier alpha value is -8.60. The van der Waals surface area contributed by atoms with Gasteiger partial charge in [-0.2, -0.15) is 0 Å². The van der Waals surface area contributed by atoms with Crippen LogP contribution in [0, 0.1) is 11.8 Å². The lowest BCUT2D eigenvalue weighted by molar-refractivity contribution is -0.144. The monoisotopic (exact) mass is 1340 g/mol. The Labute approximate surface area is 576 Å². The molecule has 0 saturated carbocycles. The molecule has 98 heavy (non-hydrogen) atoms. The first kappa shape index (κ1) is 73.6. The van der Waals surface area contributed by atoms with E-state index in [0.717, 1.165) is 31.2 Å². The number of likely N-dealkylation sites (N-methyl/N-ethyl adjacent to an activating group) is 2. The number of carbonyl (C=O) groups excluding carboxylic acids is 8. The summed E-state index contributed by atoms with van der Waals surface area (Å²) in [5.41, 5.74) is 2.65. The average molecular weight is 1340 g/mol. The molecular weight excluding hydrogens is 1240 g/mol. The van der Waals surface area contributed by atoms with Crippen LogP contribution in [0.2, 0.25) is 0 Å². The van der Waals surface area contributed by atoms with Gasteiger partial charge in [-0.15, -0.1) is 0 Å². The molecule has 22 nitrogen and oxygen atoms in total. The number of rotatable bonds is 37. The van der Waals surface area contributed by atoms with Crippen molar-refractivity contribution in [2.24, 2.45) is 11.8 Å². The predicted octanol–water partition coefficient (Wildman–Crippen LogP) is 6.16. The van der Waals surface area contributed by atoms with E-state index in [0.29, 0.717) is 127 Å². The van der Waals surface area contributed by atoms with Crippen molar-refractivity contribution in [3.05, 3.63) is 164 Å². The second kappa shape index (κ2) is 36.8. The van der Waals surface area contributed by atoms with E-state index in [4.69, 9.17) is 0 Å². The molecule has 7 amide bonds. The molecule has 22 heteroatoms. The summed E-state index contributed by atoms with van der Waals surface area (Å²) in [6.45, 7) is 5.85. The number of Topliss-reactive ketones (excluding diaryl/α,β-unsaturated/α-hetero) is 1. The van der Waals surface area contributed by atoms with Crippen LogP contribution in [-0.2, 0) is 51.3 Å². The lowest BCUT2D eigenvalue weighted by atomic mass is 9.88. The van der Waals surface area contributed by atoms with E-state index in [9.17, 15) is 47.9 Å². The fraction of sp³-hybridized carbons (Fsp3) is 0.526. The zero-order valence-corrected chi connectivity index (χ0v) is 57.4. The standard InChI is InChI=1S/C76H102N12O10/c1-5-57(77-3)70(92)85-64-53(34-24-29-49-25-12-7-13-26-49)36-38-55-40-43-60(87(55)75(64)97)73(95)84-63(52-32-18-10-19-33-52)74(96)82-46-23-22-45-81-67-66(68(90)69(67)91)80-44-21-11-20-35-61(89)62(51-30-16-9-17-31-51)83-72(94)59-42-41-56-39-37-54(48-79-47-50-27-14-8-15-28-50)65(76(98)88(56)59)86-71(93)58(6-2)78-4/h7-10,12-19,25-28,30-33,53-60,62-65,77-81H,5-6,11,20-24,29,34-48H2,1-4H3,(H,82,96)(H,83,94)(H,84,95)(H,85,92)(H,86,93)/t53-,54+,55-,56-,57-,58-,59-,60-,62-,63-,64-,65-/m0/s1. The van der Waals surface area contributed by atoms with Gasteiger partial charge in [-0.3, -0.25) is 47.9 Å². The number of nitrogens with one attached hydrogen (secondary N) is 10. The number of benzene rings is 4. The van der Waals surface area contributed by atoms with Crippen molar-refractivity contribution in [1.82, 2.24) is 52.3 Å². The molecule has 4 aliphatic rings. The van der Waals surface area contributed by atoms with E-state index in [1.54, 1.807) is 60.3 Å². The minimum Gasteiger partial charge on any atom is -0.380 e. The number of fused-ring (bicyclic) bond motifs is 2. The first-order valence-corrected chi connectivity index (χ1v) is 35.8. The Kier molecular flexibility index (Phi) is 27.7. The van der Waals surface area contributed by atoms with Crippen molar-refractivity contribution in [3.8, 4) is 0 Å². The molecular formula is C76H102N12O10. The van der Waals surface area contributed by atoms with Crippen molar-refractivity contribution in [1.29, 1.82) is 0 Å². The number of nitrogens with zero attached hydrogens (tertiary/aromatic N) is 2.